The Morgan fingerprint density at radius 2 is 1.94 bits per heavy atom. The molecule has 0 amide bonds. The Labute approximate surface area is 111 Å². The van der Waals surface area contributed by atoms with Crippen molar-refractivity contribution >= 4 is 0 Å². The zero-order chi connectivity index (χ0) is 13.8. The first-order valence-electron chi connectivity index (χ1n) is 6.76. The molecule has 2 heteroatoms. The predicted octanol–water partition coefficient (Wildman–Crippen LogP) is 3.44. The largest absolute Gasteiger partial charge is 0.392 e. The second-order valence-corrected chi connectivity index (χ2v) is 6.46. The number of aryl methyl sites for hydroxylation is 1. The molecule has 0 heterocycles. The molecule has 0 saturated heterocycles. The van der Waals surface area contributed by atoms with E-state index in [0.29, 0.717) is 6.54 Å². The number of hydrogen-bond acceptors (Lipinski definition) is 2. The van der Waals surface area contributed by atoms with Crippen LogP contribution in [0.2, 0.25) is 0 Å². The summed E-state index contributed by atoms with van der Waals surface area (Å²) in [6.07, 6.45) is 0.540. The summed E-state index contributed by atoms with van der Waals surface area (Å²) in [5.74, 6) is 0. The fraction of sp³-hybridized carbons (Fsp3) is 0.625. The lowest BCUT2D eigenvalue weighted by Crippen LogP contribution is -2.31. The zero-order valence-electron chi connectivity index (χ0n) is 12.3. The van der Waals surface area contributed by atoms with Crippen molar-refractivity contribution in [2.24, 2.45) is 5.41 Å². The SMILES string of the molecule is Cc1cccc(C(C)NCC(O)CC(C)(C)C)c1. The number of hydrogen-bond donors (Lipinski definition) is 2. The lowest BCUT2D eigenvalue weighted by Gasteiger charge is -2.24. The van der Waals surface area contributed by atoms with E-state index in [2.05, 4.69) is 64.2 Å². The minimum atomic E-state index is -0.280. The third-order valence-corrected chi connectivity index (χ3v) is 3.05. The van der Waals surface area contributed by atoms with E-state index in [1.807, 2.05) is 0 Å². The average molecular weight is 249 g/mol. The highest BCUT2D eigenvalue weighted by atomic mass is 16.3. The quantitative estimate of drug-likeness (QED) is 0.838. The molecule has 0 aromatic heterocycles. The second-order valence-electron chi connectivity index (χ2n) is 6.46. The van der Waals surface area contributed by atoms with E-state index in [0.717, 1.165) is 6.42 Å². The van der Waals surface area contributed by atoms with E-state index in [9.17, 15) is 5.11 Å². The lowest BCUT2D eigenvalue weighted by atomic mass is 9.89. The number of aliphatic hydroxyl groups is 1. The van der Waals surface area contributed by atoms with Crippen molar-refractivity contribution in [2.75, 3.05) is 6.54 Å². The highest BCUT2D eigenvalue weighted by Crippen LogP contribution is 2.21. The molecule has 1 aromatic rings. The fourth-order valence-corrected chi connectivity index (χ4v) is 2.15. The maximum absolute atomic E-state index is 9.97. The van der Waals surface area contributed by atoms with Crippen molar-refractivity contribution in [3.05, 3.63) is 35.4 Å². The Hall–Kier alpha value is -0.860. The summed E-state index contributed by atoms with van der Waals surface area (Å²) in [7, 11) is 0. The van der Waals surface area contributed by atoms with Crippen molar-refractivity contribution in [2.45, 2.75) is 53.2 Å². The van der Waals surface area contributed by atoms with E-state index in [1.54, 1.807) is 0 Å². The van der Waals surface area contributed by atoms with Gasteiger partial charge < -0.3 is 10.4 Å². The minimum absolute atomic E-state index is 0.174. The van der Waals surface area contributed by atoms with E-state index in [1.165, 1.54) is 11.1 Å². The lowest BCUT2D eigenvalue weighted by molar-refractivity contribution is 0.117. The molecule has 0 aliphatic heterocycles. The van der Waals surface area contributed by atoms with Crippen LogP contribution < -0.4 is 5.32 Å². The highest BCUT2D eigenvalue weighted by molar-refractivity contribution is 5.24. The van der Waals surface area contributed by atoms with E-state index >= 15 is 0 Å². The van der Waals surface area contributed by atoms with Crippen LogP contribution >= 0.6 is 0 Å². The van der Waals surface area contributed by atoms with Crippen LogP contribution in [0.15, 0.2) is 24.3 Å². The summed E-state index contributed by atoms with van der Waals surface area (Å²) in [6, 6.07) is 8.77. The van der Waals surface area contributed by atoms with Gasteiger partial charge in [0, 0.05) is 12.6 Å². The first kappa shape index (κ1) is 15.2. The van der Waals surface area contributed by atoms with Crippen LogP contribution in [0.3, 0.4) is 0 Å². The molecule has 2 atom stereocenters. The van der Waals surface area contributed by atoms with Gasteiger partial charge in [0.05, 0.1) is 6.10 Å². The second kappa shape index (κ2) is 6.35. The molecule has 1 rings (SSSR count). The molecular formula is C16H27NO. The van der Waals surface area contributed by atoms with Gasteiger partial charge in [-0.3, -0.25) is 0 Å². The van der Waals surface area contributed by atoms with Gasteiger partial charge in [0.25, 0.3) is 0 Å². The van der Waals surface area contributed by atoms with Gasteiger partial charge in [-0.1, -0.05) is 50.6 Å². The number of benzene rings is 1. The van der Waals surface area contributed by atoms with Gasteiger partial charge in [-0.2, -0.15) is 0 Å². The van der Waals surface area contributed by atoms with Crippen LogP contribution in [0.1, 0.15) is 51.3 Å². The van der Waals surface area contributed by atoms with E-state index in [-0.39, 0.29) is 17.6 Å². The van der Waals surface area contributed by atoms with Gasteiger partial charge in [-0.25, -0.2) is 0 Å². The monoisotopic (exact) mass is 249 g/mol. The first-order chi connectivity index (χ1) is 8.28. The molecule has 0 fully saturated rings. The van der Waals surface area contributed by atoms with Crippen LogP contribution in [-0.4, -0.2) is 17.8 Å². The molecule has 0 saturated carbocycles. The Bertz CT molecular complexity index is 368. The number of aliphatic hydroxyl groups excluding tert-OH is 1. The standard InChI is InChI=1S/C16H27NO/c1-12-7-6-8-14(9-12)13(2)17-11-15(18)10-16(3,4)5/h6-9,13,15,17-18H,10-11H2,1-5H3. The molecule has 0 aliphatic carbocycles. The number of rotatable bonds is 5. The number of nitrogens with one attached hydrogen (secondary N) is 1. The van der Waals surface area contributed by atoms with Crippen LogP contribution in [0, 0.1) is 12.3 Å². The molecule has 2 N–H and O–H groups in total. The van der Waals surface area contributed by atoms with Gasteiger partial charge in [-0.05, 0) is 31.2 Å². The Morgan fingerprint density at radius 3 is 2.50 bits per heavy atom. The van der Waals surface area contributed by atoms with Crippen molar-refractivity contribution in [1.82, 2.24) is 5.32 Å². The van der Waals surface area contributed by atoms with Crippen LogP contribution in [0.25, 0.3) is 0 Å². The van der Waals surface area contributed by atoms with Crippen molar-refractivity contribution < 1.29 is 5.11 Å². The molecule has 18 heavy (non-hydrogen) atoms. The minimum Gasteiger partial charge on any atom is -0.392 e. The van der Waals surface area contributed by atoms with E-state index < -0.39 is 0 Å². The topological polar surface area (TPSA) is 32.3 Å². The summed E-state index contributed by atoms with van der Waals surface area (Å²) < 4.78 is 0. The zero-order valence-corrected chi connectivity index (χ0v) is 12.3. The Kier molecular flexibility index (Phi) is 5.36. The molecule has 1 aromatic carbocycles. The highest BCUT2D eigenvalue weighted by Gasteiger charge is 2.17. The summed E-state index contributed by atoms with van der Waals surface area (Å²) >= 11 is 0. The van der Waals surface area contributed by atoms with Crippen molar-refractivity contribution in [3.63, 3.8) is 0 Å². The summed E-state index contributed by atoms with van der Waals surface area (Å²) in [4.78, 5) is 0. The fourth-order valence-electron chi connectivity index (χ4n) is 2.15. The van der Waals surface area contributed by atoms with Gasteiger partial charge in [0.15, 0.2) is 0 Å². The molecular weight excluding hydrogens is 222 g/mol. The first-order valence-corrected chi connectivity index (χ1v) is 6.76. The summed E-state index contributed by atoms with van der Waals surface area (Å²) in [6.45, 7) is 11.3. The van der Waals surface area contributed by atoms with Crippen LogP contribution in [-0.2, 0) is 0 Å². The maximum Gasteiger partial charge on any atom is 0.0669 e. The summed E-state index contributed by atoms with van der Waals surface area (Å²) in [5, 5.41) is 13.4. The van der Waals surface area contributed by atoms with Crippen LogP contribution in [0.5, 0.6) is 0 Å². The van der Waals surface area contributed by atoms with E-state index in [4.69, 9.17) is 0 Å². The Morgan fingerprint density at radius 1 is 1.28 bits per heavy atom. The molecule has 2 nitrogen and oxygen atoms in total. The Balaban J connectivity index is 2.44. The molecule has 0 spiro atoms. The van der Waals surface area contributed by atoms with Gasteiger partial charge in [-0.15, -0.1) is 0 Å². The maximum atomic E-state index is 9.97. The van der Waals surface area contributed by atoms with Crippen molar-refractivity contribution in [1.29, 1.82) is 0 Å². The molecule has 2 unspecified atom stereocenters. The molecule has 0 aliphatic rings. The third-order valence-electron chi connectivity index (χ3n) is 3.05. The molecule has 102 valence electrons. The van der Waals surface area contributed by atoms with Crippen LogP contribution in [0.4, 0.5) is 0 Å². The molecule has 0 radical (unpaired) electrons. The summed E-state index contributed by atoms with van der Waals surface area (Å²) in [5.41, 5.74) is 2.72. The average Bonchev–Trinajstić information content (AvgIpc) is 2.23. The smallest absolute Gasteiger partial charge is 0.0669 e. The predicted molar refractivity (Wildman–Crippen MR) is 77.7 cm³/mol. The normalized spacial score (nSPS) is 15.4. The molecule has 0 bridgehead atoms. The van der Waals surface area contributed by atoms with Crippen molar-refractivity contribution in [3.8, 4) is 0 Å². The third kappa shape index (κ3) is 5.65. The van der Waals surface area contributed by atoms with Gasteiger partial charge >= 0.3 is 0 Å². The van der Waals surface area contributed by atoms with Gasteiger partial charge in [0.1, 0.15) is 0 Å². The van der Waals surface area contributed by atoms with Gasteiger partial charge in [0.2, 0.25) is 0 Å².